The van der Waals surface area contributed by atoms with Crippen molar-refractivity contribution in [2.75, 3.05) is 24.6 Å². The van der Waals surface area contributed by atoms with Crippen LogP contribution in [0.2, 0.25) is 5.02 Å². The SMILES string of the molecule is OCC1CCN(c2ncc(Cl)cn2)CC1O. The molecule has 1 aliphatic rings. The van der Waals surface area contributed by atoms with E-state index >= 15 is 0 Å². The average molecular weight is 244 g/mol. The van der Waals surface area contributed by atoms with E-state index in [-0.39, 0.29) is 12.5 Å². The predicted octanol–water partition coefficient (Wildman–Crippen LogP) is 0.309. The molecule has 1 fully saturated rings. The molecule has 0 spiro atoms. The normalized spacial score (nSPS) is 25.8. The summed E-state index contributed by atoms with van der Waals surface area (Å²) in [5.74, 6) is 0.531. The van der Waals surface area contributed by atoms with Gasteiger partial charge in [-0.15, -0.1) is 0 Å². The Morgan fingerprint density at radius 3 is 2.69 bits per heavy atom. The van der Waals surface area contributed by atoms with E-state index in [2.05, 4.69) is 9.97 Å². The number of anilines is 1. The molecule has 2 atom stereocenters. The van der Waals surface area contributed by atoms with Gasteiger partial charge in [-0.3, -0.25) is 0 Å². The Morgan fingerprint density at radius 2 is 2.12 bits per heavy atom. The molecule has 1 aliphatic heterocycles. The van der Waals surface area contributed by atoms with Crippen LogP contribution in [-0.2, 0) is 0 Å². The summed E-state index contributed by atoms with van der Waals surface area (Å²) in [4.78, 5) is 10.1. The summed E-state index contributed by atoms with van der Waals surface area (Å²) in [7, 11) is 0. The lowest BCUT2D eigenvalue weighted by Gasteiger charge is -2.34. The van der Waals surface area contributed by atoms with Gasteiger partial charge in [0.15, 0.2) is 0 Å². The Hall–Kier alpha value is -0.910. The number of hydrogen-bond donors (Lipinski definition) is 2. The Bertz CT molecular complexity index is 346. The molecule has 16 heavy (non-hydrogen) atoms. The largest absolute Gasteiger partial charge is 0.396 e. The molecular weight excluding hydrogens is 230 g/mol. The van der Waals surface area contributed by atoms with Crippen LogP contribution in [0.5, 0.6) is 0 Å². The molecule has 0 radical (unpaired) electrons. The van der Waals surface area contributed by atoms with E-state index in [4.69, 9.17) is 16.7 Å². The molecule has 0 aromatic carbocycles. The highest BCUT2D eigenvalue weighted by molar-refractivity contribution is 6.30. The lowest BCUT2D eigenvalue weighted by Crippen LogP contribution is -2.45. The molecule has 0 saturated carbocycles. The summed E-state index contributed by atoms with van der Waals surface area (Å²) >= 11 is 5.70. The molecule has 1 saturated heterocycles. The van der Waals surface area contributed by atoms with Gasteiger partial charge in [0.1, 0.15) is 0 Å². The highest BCUT2D eigenvalue weighted by atomic mass is 35.5. The van der Waals surface area contributed by atoms with Crippen molar-refractivity contribution in [3.63, 3.8) is 0 Å². The molecule has 6 heteroatoms. The number of aliphatic hydroxyl groups is 2. The minimum Gasteiger partial charge on any atom is -0.396 e. The summed E-state index contributed by atoms with van der Waals surface area (Å²) in [6, 6.07) is 0. The Labute approximate surface area is 98.7 Å². The van der Waals surface area contributed by atoms with Gasteiger partial charge in [-0.1, -0.05) is 11.6 Å². The maximum absolute atomic E-state index is 9.77. The number of β-amino-alcohol motifs (C(OH)–C–C–N with tert-alkyl or cyclic N) is 1. The molecule has 0 aliphatic carbocycles. The zero-order valence-corrected chi connectivity index (χ0v) is 9.51. The van der Waals surface area contributed by atoms with Gasteiger partial charge in [-0.05, 0) is 6.42 Å². The number of hydrogen-bond acceptors (Lipinski definition) is 5. The summed E-state index contributed by atoms with van der Waals surface area (Å²) in [6.07, 6.45) is 3.28. The van der Waals surface area contributed by atoms with Crippen LogP contribution in [0.1, 0.15) is 6.42 Å². The molecule has 2 N–H and O–H groups in total. The molecule has 1 aromatic rings. The van der Waals surface area contributed by atoms with Gasteiger partial charge in [0, 0.05) is 25.6 Å². The molecule has 2 heterocycles. The molecular formula is C10H14ClN3O2. The molecule has 2 unspecified atom stereocenters. The molecule has 88 valence electrons. The first kappa shape index (κ1) is 11.6. The number of aliphatic hydroxyl groups excluding tert-OH is 2. The summed E-state index contributed by atoms with van der Waals surface area (Å²) in [6.45, 7) is 1.22. The standard InChI is InChI=1S/C10H14ClN3O2/c11-8-3-12-10(13-4-8)14-2-1-7(6-15)9(16)5-14/h3-4,7,9,15-16H,1-2,5-6H2. The number of aromatic nitrogens is 2. The Kier molecular flexibility index (Phi) is 3.58. The Balaban J connectivity index is 2.04. The van der Waals surface area contributed by atoms with Crippen molar-refractivity contribution in [1.29, 1.82) is 0 Å². The topological polar surface area (TPSA) is 69.5 Å². The summed E-state index contributed by atoms with van der Waals surface area (Å²) in [5, 5.41) is 19.3. The number of halogens is 1. The van der Waals surface area contributed by atoms with Crippen LogP contribution in [0.25, 0.3) is 0 Å². The number of rotatable bonds is 2. The van der Waals surface area contributed by atoms with Gasteiger partial charge >= 0.3 is 0 Å². The maximum atomic E-state index is 9.77. The van der Waals surface area contributed by atoms with Crippen molar-refractivity contribution >= 4 is 17.5 Å². The van der Waals surface area contributed by atoms with E-state index in [9.17, 15) is 5.11 Å². The molecule has 1 aromatic heterocycles. The highest BCUT2D eigenvalue weighted by Crippen LogP contribution is 2.20. The first-order chi connectivity index (χ1) is 7.70. The molecule has 0 amide bonds. The van der Waals surface area contributed by atoms with Gasteiger partial charge in [0.25, 0.3) is 0 Å². The van der Waals surface area contributed by atoms with Gasteiger partial charge in [0.2, 0.25) is 5.95 Å². The van der Waals surface area contributed by atoms with E-state index < -0.39 is 6.10 Å². The van der Waals surface area contributed by atoms with Crippen LogP contribution in [0.15, 0.2) is 12.4 Å². The van der Waals surface area contributed by atoms with Crippen LogP contribution in [0, 0.1) is 5.92 Å². The van der Waals surface area contributed by atoms with E-state index in [1.54, 1.807) is 0 Å². The van der Waals surface area contributed by atoms with E-state index in [1.165, 1.54) is 12.4 Å². The fourth-order valence-electron chi connectivity index (χ4n) is 1.84. The molecule has 0 bridgehead atoms. The molecule has 5 nitrogen and oxygen atoms in total. The monoisotopic (exact) mass is 243 g/mol. The second kappa shape index (κ2) is 4.95. The maximum Gasteiger partial charge on any atom is 0.225 e. The summed E-state index contributed by atoms with van der Waals surface area (Å²) in [5.41, 5.74) is 0. The lowest BCUT2D eigenvalue weighted by molar-refractivity contribution is 0.0544. The minimum atomic E-state index is -0.530. The average Bonchev–Trinajstić information content (AvgIpc) is 2.30. The van der Waals surface area contributed by atoms with Gasteiger partial charge in [0.05, 0.1) is 23.5 Å². The lowest BCUT2D eigenvalue weighted by atomic mass is 9.95. The van der Waals surface area contributed by atoms with Crippen LogP contribution < -0.4 is 4.90 Å². The molecule has 2 rings (SSSR count). The third kappa shape index (κ3) is 2.42. The highest BCUT2D eigenvalue weighted by Gasteiger charge is 2.28. The summed E-state index contributed by atoms with van der Waals surface area (Å²) < 4.78 is 0. The fourth-order valence-corrected chi connectivity index (χ4v) is 1.94. The van der Waals surface area contributed by atoms with E-state index in [0.29, 0.717) is 17.5 Å². The predicted molar refractivity (Wildman–Crippen MR) is 60.5 cm³/mol. The van der Waals surface area contributed by atoms with Crippen molar-refractivity contribution < 1.29 is 10.2 Å². The zero-order chi connectivity index (χ0) is 11.5. The van der Waals surface area contributed by atoms with E-state index in [0.717, 1.165) is 13.0 Å². The van der Waals surface area contributed by atoms with Crippen molar-refractivity contribution in [1.82, 2.24) is 9.97 Å². The third-order valence-corrected chi connectivity index (χ3v) is 3.04. The van der Waals surface area contributed by atoms with Crippen molar-refractivity contribution in [2.45, 2.75) is 12.5 Å². The van der Waals surface area contributed by atoms with Crippen LogP contribution >= 0.6 is 11.6 Å². The van der Waals surface area contributed by atoms with Crippen molar-refractivity contribution in [3.05, 3.63) is 17.4 Å². The number of nitrogens with zero attached hydrogens (tertiary/aromatic N) is 3. The fraction of sp³-hybridized carbons (Fsp3) is 0.600. The Morgan fingerprint density at radius 1 is 1.44 bits per heavy atom. The minimum absolute atomic E-state index is 0.0243. The van der Waals surface area contributed by atoms with Crippen LogP contribution in [0.3, 0.4) is 0 Å². The van der Waals surface area contributed by atoms with Crippen molar-refractivity contribution in [2.24, 2.45) is 5.92 Å². The van der Waals surface area contributed by atoms with Crippen LogP contribution in [0.4, 0.5) is 5.95 Å². The zero-order valence-electron chi connectivity index (χ0n) is 8.75. The third-order valence-electron chi connectivity index (χ3n) is 2.85. The quantitative estimate of drug-likeness (QED) is 0.783. The second-order valence-electron chi connectivity index (χ2n) is 3.95. The first-order valence-electron chi connectivity index (χ1n) is 5.22. The van der Waals surface area contributed by atoms with Crippen LogP contribution in [-0.4, -0.2) is 46.0 Å². The van der Waals surface area contributed by atoms with Gasteiger partial charge in [-0.2, -0.15) is 0 Å². The number of piperidine rings is 1. The van der Waals surface area contributed by atoms with Gasteiger partial charge < -0.3 is 15.1 Å². The van der Waals surface area contributed by atoms with Crippen molar-refractivity contribution in [3.8, 4) is 0 Å². The second-order valence-corrected chi connectivity index (χ2v) is 4.38. The first-order valence-corrected chi connectivity index (χ1v) is 5.60. The van der Waals surface area contributed by atoms with Gasteiger partial charge in [-0.25, -0.2) is 9.97 Å². The van der Waals surface area contributed by atoms with E-state index in [1.807, 2.05) is 4.90 Å². The smallest absolute Gasteiger partial charge is 0.225 e.